The van der Waals surface area contributed by atoms with Gasteiger partial charge >= 0.3 is 0 Å². The highest BCUT2D eigenvalue weighted by Gasteiger charge is 2.45. The average Bonchev–Trinajstić information content (AvgIpc) is 3.18. The van der Waals surface area contributed by atoms with Gasteiger partial charge in [0.1, 0.15) is 17.3 Å². The van der Waals surface area contributed by atoms with Crippen molar-refractivity contribution in [2.45, 2.75) is 32.7 Å². The first-order valence-electron chi connectivity index (χ1n) is 13.1. The van der Waals surface area contributed by atoms with Gasteiger partial charge in [-0.15, -0.1) is 0 Å². The van der Waals surface area contributed by atoms with Crippen LogP contribution in [0.15, 0.2) is 54.1 Å². The summed E-state index contributed by atoms with van der Waals surface area (Å²) in [5, 5.41) is 11.3. The molecule has 1 N–H and O–H groups in total. The van der Waals surface area contributed by atoms with Crippen molar-refractivity contribution in [3.8, 4) is 11.5 Å². The molecule has 198 valence electrons. The Bertz CT molecular complexity index is 1090. The molecule has 2 saturated heterocycles. The first-order chi connectivity index (χ1) is 18.0. The lowest BCUT2D eigenvalue weighted by Crippen LogP contribution is -2.38. The maximum Gasteiger partial charge on any atom is 0.295 e. The van der Waals surface area contributed by atoms with Crippen LogP contribution in [0.4, 0.5) is 0 Å². The number of aliphatic hydroxyl groups is 1. The van der Waals surface area contributed by atoms with Gasteiger partial charge in [-0.05, 0) is 61.7 Å². The van der Waals surface area contributed by atoms with Gasteiger partial charge in [0, 0.05) is 31.7 Å². The summed E-state index contributed by atoms with van der Waals surface area (Å²) in [4.78, 5) is 30.4. The van der Waals surface area contributed by atoms with E-state index in [1.807, 2.05) is 38.1 Å². The van der Waals surface area contributed by atoms with Crippen LogP contribution < -0.4 is 9.47 Å². The van der Waals surface area contributed by atoms with E-state index < -0.39 is 17.7 Å². The van der Waals surface area contributed by atoms with Crippen molar-refractivity contribution in [3.05, 3.63) is 65.2 Å². The Morgan fingerprint density at radius 2 is 1.59 bits per heavy atom. The van der Waals surface area contributed by atoms with Gasteiger partial charge in [-0.3, -0.25) is 14.5 Å². The van der Waals surface area contributed by atoms with Gasteiger partial charge in [-0.25, -0.2) is 0 Å². The van der Waals surface area contributed by atoms with E-state index in [-0.39, 0.29) is 11.3 Å². The fraction of sp³-hybridized carbons (Fsp3) is 0.448. The Morgan fingerprint density at radius 1 is 0.946 bits per heavy atom. The van der Waals surface area contributed by atoms with E-state index in [2.05, 4.69) is 4.90 Å². The summed E-state index contributed by atoms with van der Waals surface area (Å²) in [5.74, 6) is -0.0578. The number of hydrogen-bond acceptors (Lipinski definition) is 7. The topological polar surface area (TPSA) is 88.5 Å². The summed E-state index contributed by atoms with van der Waals surface area (Å²) in [6.07, 6.45) is 1.60. The molecule has 2 aromatic carbocycles. The summed E-state index contributed by atoms with van der Waals surface area (Å²) < 4.78 is 16.6. The second kappa shape index (κ2) is 12.7. The molecule has 2 aliphatic rings. The number of carbonyl (C=O) groups excluding carboxylic acids is 2. The van der Waals surface area contributed by atoms with Crippen LogP contribution in [-0.4, -0.2) is 79.2 Å². The Kier molecular flexibility index (Phi) is 9.19. The predicted octanol–water partition coefficient (Wildman–Crippen LogP) is 4.02. The largest absolute Gasteiger partial charge is 0.507 e. The molecule has 0 bridgehead atoms. The zero-order chi connectivity index (χ0) is 26.2. The Balaban J connectivity index is 1.63. The molecule has 0 unspecified atom stereocenters. The molecule has 0 radical (unpaired) electrons. The minimum Gasteiger partial charge on any atom is -0.507 e. The summed E-state index contributed by atoms with van der Waals surface area (Å²) in [5.41, 5.74) is 1.31. The maximum atomic E-state index is 13.3. The molecule has 1 amide bonds. The Morgan fingerprint density at radius 3 is 2.24 bits per heavy atom. The number of rotatable bonds is 11. The highest BCUT2D eigenvalue weighted by Crippen LogP contribution is 2.40. The van der Waals surface area contributed by atoms with Crippen LogP contribution in [-0.2, 0) is 14.3 Å². The van der Waals surface area contributed by atoms with Crippen molar-refractivity contribution in [1.82, 2.24) is 9.80 Å². The standard InChI is InChI=1S/C29H36N2O6/c1-3-18-37-24-12-8-22(9-13-24)27(32)25-26(21-6-10-23(11-7-21)36-4-2)31(29(34)28(25)33)15-5-14-30-16-19-35-20-17-30/h6-13,26,32H,3-5,14-20H2,1-2H3/t26-/m1/s1. The molecule has 0 aromatic heterocycles. The number of aliphatic hydroxyl groups excluding tert-OH is 1. The average molecular weight is 509 g/mol. The molecule has 2 fully saturated rings. The maximum absolute atomic E-state index is 13.3. The van der Waals surface area contributed by atoms with Gasteiger partial charge in [-0.1, -0.05) is 19.1 Å². The van der Waals surface area contributed by atoms with E-state index in [1.54, 1.807) is 29.2 Å². The van der Waals surface area contributed by atoms with Gasteiger partial charge in [0.25, 0.3) is 11.7 Å². The van der Waals surface area contributed by atoms with Crippen LogP contribution in [0.5, 0.6) is 11.5 Å². The zero-order valence-electron chi connectivity index (χ0n) is 21.7. The number of benzene rings is 2. The molecule has 37 heavy (non-hydrogen) atoms. The fourth-order valence-corrected chi connectivity index (χ4v) is 4.74. The number of ether oxygens (including phenoxy) is 3. The molecule has 2 aromatic rings. The summed E-state index contributed by atoms with van der Waals surface area (Å²) in [6.45, 7) is 9.42. The Hall–Kier alpha value is -3.36. The number of Topliss-reactive ketones (excluding diaryl/α,β-unsaturated/α-hetero) is 1. The van der Waals surface area contributed by atoms with Crippen molar-refractivity contribution in [2.24, 2.45) is 0 Å². The van der Waals surface area contributed by atoms with Crippen molar-refractivity contribution in [1.29, 1.82) is 0 Å². The van der Waals surface area contributed by atoms with Gasteiger partial charge in [0.05, 0.1) is 38.0 Å². The van der Waals surface area contributed by atoms with Crippen molar-refractivity contribution in [3.63, 3.8) is 0 Å². The van der Waals surface area contributed by atoms with Crippen molar-refractivity contribution >= 4 is 17.4 Å². The molecule has 2 heterocycles. The van der Waals surface area contributed by atoms with Crippen LogP contribution in [0, 0.1) is 0 Å². The van der Waals surface area contributed by atoms with Crippen molar-refractivity contribution in [2.75, 3.05) is 52.6 Å². The van der Waals surface area contributed by atoms with E-state index in [0.29, 0.717) is 56.5 Å². The zero-order valence-corrected chi connectivity index (χ0v) is 21.7. The van der Waals surface area contributed by atoms with Crippen LogP contribution in [0.2, 0.25) is 0 Å². The molecule has 8 heteroatoms. The molecule has 0 saturated carbocycles. The van der Waals surface area contributed by atoms with Crippen LogP contribution in [0.3, 0.4) is 0 Å². The molecular formula is C29H36N2O6. The van der Waals surface area contributed by atoms with Gasteiger partial charge in [0.2, 0.25) is 0 Å². The normalized spacial score (nSPS) is 19.8. The lowest BCUT2D eigenvalue weighted by molar-refractivity contribution is -0.140. The minimum absolute atomic E-state index is 0.0998. The first-order valence-corrected chi connectivity index (χ1v) is 13.1. The molecule has 0 aliphatic carbocycles. The molecular weight excluding hydrogens is 472 g/mol. The van der Waals surface area contributed by atoms with Gasteiger partial charge in [0.15, 0.2) is 0 Å². The van der Waals surface area contributed by atoms with E-state index in [9.17, 15) is 14.7 Å². The number of ketones is 1. The second-order valence-corrected chi connectivity index (χ2v) is 9.17. The van der Waals surface area contributed by atoms with Crippen LogP contribution >= 0.6 is 0 Å². The summed E-state index contributed by atoms with van der Waals surface area (Å²) in [7, 11) is 0. The predicted molar refractivity (Wildman–Crippen MR) is 141 cm³/mol. The second-order valence-electron chi connectivity index (χ2n) is 9.17. The lowest BCUT2D eigenvalue weighted by atomic mass is 9.95. The molecule has 4 rings (SSSR count). The highest BCUT2D eigenvalue weighted by molar-refractivity contribution is 6.46. The monoisotopic (exact) mass is 508 g/mol. The third-order valence-corrected chi connectivity index (χ3v) is 6.62. The Labute approximate surface area is 218 Å². The highest BCUT2D eigenvalue weighted by atomic mass is 16.5. The SMILES string of the molecule is CCCOc1ccc(C(O)=C2C(=O)C(=O)N(CCCN3CCOCC3)[C@@H]2c2ccc(OCC)cc2)cc1. The van der Waals surface area contributed by atoms with E-state index in [4.69, 9.17) is 14.2 Å². The molecule has 1 atom stereocenters. The van der Waals surface area contributed by atoms with E-state index in [0.717, 1.165) is 31.6 Å². The van der Waals surface area contributed by atoms with Gasteiger partial charge in [-0.2, -0.15) is 0 Å². The lowest BCUT2D eigenvalue weighted by Gasteiger charge is -2.29. The quantitative estimate of drug-likeness (QED) is 0.279. The minimum atomic E-state index is -0.684. The van der Waals surface area contributed by atoms with E-state index >= 15 is 0 Å². The number of amides is 1. The molecule has 0 spiro atoms. The first kappa shape index (κ1) is 26.7. The smallest absolute Gasteiger partial charge is 0.295 e. The third kappa shape index (κ3) is 6.32. The summed E-state index contributed by atoms with van der Waals surface area (Å²) in [6, 6.07) is 13.6. The van der Waals surface area contributed by atoms with Crippen LogP contribution in [0.1, 0.15) is 43.9 Å². The number of likely N-dealkylation sites (tertiary alicyclic amines) is 1. The molecule has 2 aliphatic heterocycles. The van der Waals surface area contributed by atoms with E-state index in [1.165, 1.54) is 0 Å². The number of hydrogen-bond donors (Lipinski definition) is 1. The van der Waals surface area contributed by atoms with Gasteiger partial charge < -0.3 is 24.2 Å². The fourth-order valence-electron chi connectivity index (χ4n) is 4.74. The molecule has 8 nitrogen and oxygen atoms in total. The van der Waals surface area contributed by atoms with Crippen LogP contribution in [0.25, 0.3) is 5.76 Å². The number of nitrogens with zero attached hydrogens (tertiary/aromatic N) is 2. The summed E-state index contributed by atoms with van der Waals surface area (Å²) >= 11 is 0. The number of morpholine rings is 1. The van der Waals surface area contributed by atoms with Crippen molar-refractivity contribution < 1.29 is 28.9 Å². The number of carbonyl (C=O) groups is 2. The third-order valence-electron chi connectivity index (χ3n) is 6.62.